The van der Waals surface area contributed by atoms with E-state index in [0.717, 1.165) is 25.8 Å². The van der Waals surface area contributed by atoms with E-state index in [1.165, 1.54) is 22.3 Å². The second-order valence-electron chi connectivity index (χ2n) is 6.47. The number of aryl methyl sites for hydroxylation is 2. The summed E-state index contributed by atoms with van der Waals surface area (Å²) in [6, 6.07) is 8.32. The molecule has 0 amide bonds. The third-order valence-electron chi connectivity index (χ3n) is 4.58. The van der Waals surface area contributed by atoms with E-state index in [0.29, 0.717) is 0 Å². The molecule has 1 aliphatic rings. The van der Waals surface area contributed by atoms with Gasteiger partial charge in [0.1, 0.15) is 6.04 Å². The zero-order chi connectivity index (χ0) is 16.4. The highest BCUT2D eigenvalue weighted by Gasteiger charge is 2.35. The van der Waals surface area contributed by atoms with Crippen LogP contribution in [0.4, 0.5) is 0 Å². The fourth-order valence-corrected chi connectivity index (χ4v) is 4.38. The normalized spacial score (nSPS) is 20.3. The first-order valence-corrected chi connectivity index (χ1v) is 9.09. The van der Waals surface area contributed by atoms with Crippen molar-refractivity contribution >= 4 is 17.3 Å². The Morgan fingerprint density at radius 2 is 1.96 bits per heavy atom. The zero-order valence-electron chi connectivity index (χ0n) is 13.7. The van der Waals surface area contributed by atoms with Gasteiger partial charge >= 0.3 is 5.97 Å². The maximum Gasteiger partial charge on any atom is 0.320 e. The molecule has 2 heterocycles. The third-order valence-corrected chi connectivity index (χ3v) is 5.28. The van der Waals surface area contributed by atoms with E-state index in [-0.39, 0.29) is 6.04 Å². The highest BCUT2D eigenvalue weighted by Crippen LogP contribution is 2.35. The Morgan fingerprint density at radius 1 is 1.22 bits per heavy atom. The molecule has 0 bridgehead atoms. The predicted octanol–water partition coefficient (Wildman–Crippen LogP) is 4.39. The van der Waals surface area contributed by atoms with Crippen LogP contribution < -0.4 is 0 Å². The Kier molecular flexibility index (Phi) is 4.83. The topological polar surface area (TPSA) is 40.5 Å². The van der Waals surface area contributed by atoms with E-state index in [9.17, 15) is 9.90 Å². The van der Waals surface area contributed by atoms with Crippen LogP contribution in [0.2, 0.25) is 0 Å². The number of thiophene rings is 1. The molecule has 1 aliphatic heterocycles. The van der Waals surface area contributed by atoms with Gasteiger partial charge in [0.25, 0.3) is 0 Å². The van der Waals surface area contributed by atoms with E-state index in [1.54, 1.807) is 11.3 Å². The molecule has 3 nitrogen and oxygen atoms in total. The highest BCUT2D eigenvalue weighted by atomic mass is 32.1. The molecule has 1 fully saturated rings. The summed E-state index contributed by atoms with van der Waals surface area (Å²) in [7, 11) is 0. The lowest BCUT2D eigenvalue weighted by Gasteiger charge is -2.39. The van der Waals surface area contributed by atoms with E-state index < -0.39 is 12.0 Å². The lowest BCUT2D eigenvalue weighted by atomic mass is 9.91. The first-order chi connectivity index (χ1) is 11.1. The van der Waals surface area contributed by atoms with Gasteiger partial charge in [-0.2, -0.15) is 11.3 Å². The molecule has 2 aromatic rings. The van der Waals surface area contributed by atoms with Crippen molar-refractivity contribution in [1.29, 1.82) is 0 Å². The van der Waals surface area contributed by atoms with Crippen LogP contribution >= 0.6 is 11.3 Å². The Labute approximate surface area is 141 Å². The van der Waals surface area contributed by atoms with Crippen LogP contribution in [0.5, 0.6) is 0 Å². The summed E-state index contributed by atoms with van der Waals surface area (Å²) in [5, 5.41) is 13.9. The number of piperidine rings is 1. The van der Waals surface area contributed by atoms with Crippen molar-refractivity contribution in [2.45, 2.75) is 45.2 Å². The minimum atomic E-state index is -0.700. The molecular weight excluding hydrogens is 306 g/mol. The Bertz CT molecular complexity index is 660. The third kappa shape index (κ3) is 3.48. The van der Waals surface area contributed by atoms with Crippen LogP contribution in [0.1, 0.15) is 47.6 Å². The van der Waals surface area contributed by atoms with E-state index in [4.69, 9.17) is 0 Å². The van der Waals surface area contributed by atoms with Gasteiger partial charge in [-0.25, -0.2) is 0 Å². The maximum atomic E-state index is 11.8. The molecule has 3 rings (SSSR count). The molecule has 122 valence electrons. The van der Waals surface area contributed by atoms with Crippen LogP contribution in [0.25, 0.3) is 0 Å². The molecule has 1 saturated heterocycles. The number of likely N-dealkylation sites (tertiary alicyclic amines) is 1. The number of aliphatic carboxylic acids is 1. The molecule has 0 spiro atoms. The second kappa shape index (κ2) is 6.85. The van der Waals surface area contributed by atoms with Crippen LogP contribution in [0.3, 0.4) is 0 Å². The van der Waals surface area contributed by atoms with Gasteiger partial charge in [0, 0.05) is 0 Å². The summed E-state index contributed by atoms with van der Waals surface area (Å²) in [4.78, 5) is 13.9. The summed E-state index contributed by atoms with van der Waals surface area (Å²) >= 11 is 1.67. The van der Waals surface area contributed by atoms with Gasteiger partial charge in [-0.1, -0.05) is 35.7 Å². The predicted molar refractivity (Wildman–Crippen MR) is 94.1 cm³/mol. The van der Waals surface area contributed by atoms with Gasteiger partial charge in [0.05, 0.1) is 6.04 Å². The number of carboxylic acids is 1. The minimum Gasteiger partial charge on any atom is -0.480 e. The molecule has 0 saturated carbocycles. The lowest BCUT2D eigenvalue weighted by Crippen LogP contribution is -2.46. The summed E-state index contributed by atoms with van der Waals surface area (Å²) in [6.07, 6.45) is 2.80. The molecule has 1 aromatic carbocycles. The second-order valence-corrected chi connectivity index (χ2v) is 7.25. The standard InChI is InChI=1S/C19H23NO2S/c1-13-9-14(2)11-16(10-13)18(15-6-8-23-12-15)20-7-4-3-5-17(20)19(21)22/h6,8-12,17-18H,3-5,7H2,1-2H3,(H,21,22). The number of carbonyl (C=O) groups is 1. The van der Waals surface area contributed by atoms with E-state index in [2.05, 4.69) is 53.8 Å². The monoisotopic (exact) mass is 329 g/mol. The molecular formula is C19H23NO2S. The lowest BCUT2D eigenvalue weighted by molar-refractivity contribution is -0.145. The van der Waals surface area contributed by atoms with Crippen molar-refractivity contribution in [3.63, 3.8) is 0 Å². The van der Waals surface area contributed by atoms with Gasteiger partial charge < -0.3 is 5.11 Å². The summed E-state index contributed by atoms with van der Waals surface area (Å²) in [6.45, 7) is 5.04. The Hall–Kier alpha value is -1.65. The summed E-state index contributed by atoms with van der Waals surface area (Å²) in [5.74, 6) is -0.700. The van der Waals surface area contributed by atoms with Crippen molar-refractivity contribution in [3.8, 4) is 0 Å². The van der Waals surface area contributed by atoms with Crippen molar-refractivity contribution in [2.75, 3.05) is 6.54 Å². The zero-order valence-corrected chi connectivity index (χ0v) is 14.5. The number of nitrogens with zero attached hydrogens (tertiary/aromatic N) is 1. The molecule has 0 aliphatic carbocycles. The summed E-state index contributed by atoms with van der Waals surface area (Å²) < 4.78 is 0. The number of benzene rings is 1. The Balaban J connectivity index is 2.06. The smallest absolute Gasteiger partial charge is 0.320 e. The first-order valence-electron chi connectivity index (χ1n) is 8.15. The van der Waals surface area contributed by atoms with Gasteiger partial charge in [-0.15, -0.1) is 0 Å². The average Bonchev–Trinajstić information content (AvgIpc) is 3.01. The largest absolute Gasteiger partial charge is 0.480 e. The van der Waals surface area contributed by atoms with Crippen molar-refractivity contribution in [2.24, 2.45) is 0 Å². The van der Waals surface area contributed by atoms with Gasteiger partial charge in [0.2, 0.25) is 0 Å². The van der Waals surface area contributed by atoms with Crippen molar-refractivity contribution in [3.05, 3.63) is 57.3 Å². The quantitative estimate of drug-likeness (QED) is 0.904. The number of rotatable bonds is 4. The first kappa shape index (κ1) is 16.2. The van der Waals surface area contributed by atoms with Crippen molar-refractivity contribution in [1.82, 2.24) is 4.90 Å². The fourth-order valence-electron chi connectivity index (χ4n) is 3.70. The molecule has 23 heavy (non-hydrogen) atoms. The maximum absolute atomic E-state index is 11.8. The summed E-state index contributed by atoms with van der Waals surface area (Å²) in [5.41, 5.74) is 4.86. The minimum absolute atomic E-state index is 0.0289. The average molecular weight is 329 g/mol. The SMILES string of the molecule is Cc1cc(C)cc(C(c2ccsc2)N2CCCCC2C(=O)O)c1. The van der Waals surface area contributed by atoms with Crippen LogP contribution in [0.15, 0.2) is 35.0 Å². The number of hydrogen-bond donors (Lipinski definition) is 1. The Morgan fingerprint density at radius 3 is 2.57 bits per heavy atom. The van der Waals surface area contributed by atoms with Crippen LogP contribution in [-0.4, -0.2) is 28.6 Å². The van der Waals surface area contributed by atoms with E-state index in [1.807, 2.05) is 0 Å². The highest BCUT2D eigenvalue weighted by molar-refractivity contribution is 7.08. The molecule has 1 N–H and O–H groups in total. The molecule has 2 atom stereocenters. The molecule has 0 radical (unpaired) electrons. The number of hydrogen-bond acceptors (Lipinski definition) is 3. The van der Waals surface area contributed by atoms with Crippen molar-refractivity contribution < 1.29 is 9.90 Å². The van der Waals surface area contributed by atoms with Gasteiger partial charge in [0.15, 0.2) is 0 Å². The van der Waals surface area contributed by atoms with Gasteiger partial charge in [-0.05, 0) is 61.2 Å². The fraction of sp³-hybridized carbons (Fsp3) is 0.421. The number of carboxylic acid groups (broad SMARTS) is 1. The van der Waals surface area contributed by atoms with Crippen LogP contribution in [0, 0.1) is 13.8 Å². The molecule has 4 heteroatoms. The van der Waals surface area contributed by atoms with Crippen LogP contribution in [-0.2, 0) is 4.79 Å². The van der Waals surface area contributed by atoms with Gasteiger partial charge in [-0.3, -0.25) is 9.69 Å². The molecule has 1 aromatic heterocycles. The van der Waals surface area contributed by atoms with E-state index >= 15 is 0 Å². The molecule has 2 unspecified atom stereocenters.